The van der Waals surface area contributed by atoms with Crippen LogP contribution >= 0.6 is 15.9 Å². The quantitative estimate of drug-likeness (QED) is 0.125. The third-order valence-corrected chi connectivity index (χ3v) is 5.79. The van der Waals surface area contributed by atoms with Gasteiger partial charge in [-0.25, -0.2) is 5.43 Å². The summed E-state index contributed by atoms with van der Waals surface area (Å²) in [6.07, 6.45) is 1.59. The predicted molar refractivity (Wildman–Crippen MR) is 147 cm³/mol. The Kier molecular flexibility index (Phi) is 7.89. The minimum atomic E-state index is -0.460. The molecule has 0 aliphatic carbocycles. The minimum Gasteiger partial charge on any atom is -0.496 e. The Labute approximate surface area is 221 Å². The highest BCUT2D eigenvalue weighted by molar-refractivity contribution is 9.10. The van der Waals surface area contributed by atoms with Crippen LogP contribution in [0.4, 0.5) is 34.9 Å². The van der Waals surface area contributed by atoms with E-state index in [-0.39, 0.29) is 23.5 Å². The van der Waals surface area contributed by atoms with Gasteiger partial charge >= 0.3 is 0 Å². The lowest BCUT2D eigenvalue weighted by Gasteiger charge is -2.11. The van der Waals surface area contributed by atoms with E-state index in [2.05, 4.69) is 52.0 Å². The number of nitro benzene ring substituents is 1. The SMILES string of the molecule is COc1ccc(Br)cc1C=NNc1nc(Nc2ccc([N+](=O)[O-])cc2)nc(Nc2ccc(C)c(C)c2)n1. The normalized spacial score (nSPS) is 10.8. The Morgan fingerprint density at radius 2 is 1.54 bits per heavy atom. The summed E-state index contributed by atoms with van der Waals surface area (Å²) in [6, 6.07) is 17.4. The third-order valence-electron chi connectivity index (χ3n) is 5.29. The van der Waals surface area contributed by atoms with Gasteiger partial charge in [0.15, 0.2) is 0 Å². The average molecular weight is 563 g/mol. The van der Waals surface area contributed by atoms with Gasteiger partial charge in [-0.1, -0.05) is 22.0 Å². The number of hydrogen-bond acceptors (Lipinski definition) is 10. The van der Waals surface area contributed by atoms with Crippen molar-refractivity contribution in [1.82, 2.24) is 15.0 Å². The number of nitro groups is 1. The molecule has 12 heteroatoms. The van der Waals surface area contributed by atoms with E-state index >= 15 is 0 Å². The second-order valence-corrected chi connectivity index (χ2v) is 8.83. The van der Waals surface area contributed by atoms with Crippen LogP contribution in [0, 0.1) is 24.0 Å². The minimum absolute atomic E-state index is 0.0158. The monoisotopic (exact) mass is 562 g/mol. The van der Waals surface area contributed by atoms with Gasteiger partial charge in [0.05, 0.1) is 18.2 Å². The fourth-order valence-electron chi connectivity index (χ4n) is 3.25. The number of aromatic nitrogens is 3. The number of benzene rings is 3. The molecule has 11 nitrogen and oxygen atoms in total. The lowest BCUT2D eigenvalue weighted by molar-refractivity contribution is -0.384. The van der Waals surface area contributed by atoms with Gasteiger partial charge in [0, 0.05) is 33.5 Å². The van der Waals surface area contributed by atoms with Crippen LogP contribution in [0.5, 0.6) is 5.75 Å². The molecule has 3 N–H and O–H groups in total. The average Bonchev–Trinajstić information content (AvgIpc) is 2.87. The highest BCUT2D eigenvalue weighted by Gasteiger charge is 2.10. The zero-order chi connectivity index (χ0) is 26.4. The number of halogens is 1. The zero-order valence-corrected chi connectivity index (χ0v) is 21.8. The lowest BCUT2D eigenvalue weighted by Crippen LogP contribution is -2.07. The van der Waals surface area contributed by atoms with Gasteiger partial charge in [0.25, 0.3) is 5.69 Å². The number of nitrogens with zero attached hydrogens (tertiary/aromatic N) is 5. The standard InChI is InChI=1S/C25H23BrN8O3/c1-15-4-6-20(12-16(15)2)29-24-30-23(28-19-7-9-21(10-8-19)34(35)36)31-25(32-24)33-27-14-17-13-18(26)5-11-22(17)37-3/h4-14H,1-3H3,(H3,28,29,30,31,32,33). The predicted octanol–water partition coefficient (Wildman–Crippen LogP) is 6.10. The van der Waals surface area contributed by atoms with Crippen molar-refractivity contribution in [1.29, 1.82) is 0 Å². The number of anilines is 5. The van der Waals surface area contributed by atoms with Gasteiger partial charge in [0.1, 0.15) is 5.75 Å². The van der Waals surface area contributed by atoms with Crippen LogP contribution in [0.3, 0.4) is 0 Å². The van der Waals surface area contributed by atoms with Crippen molar-refractivity contribution in [3.05, 3.63) is 91.9 Å². The van der Waals surface area contributed by atoms with Gasteiger partial charge in [-0.15, -0.1) is 0 Å². The van der Waals surface area contributed by atoms with Crippen LogP contribution in [0.1, 0.15) is 16.7 Å². The van der Waals surface area contributed by atoms with E-state index in [0.29, 0.717) is 11.4 Å². The van der Waals surface area contributed by atoms with Crippen molar-refractivity contribution < 1.29 is 9.66 Å². The summed E-state index contributed by atoms with van der Waals surface area (Å²) in [5, 5.41) is 21.4. The largest absolute Gasteiger partial charge is 0.496 e. The van der Waals surface area contributed by atoms with E-state index in [1.807, 2.05) is 50.2 Å². The van der Waals surface area contributed by atoms with E-state index in [1.54, 1.807) is 25.5 Å². The van der Waals surface area contributed by atoms with Crippen LogP contribution in [-0.2, 0) is 0 Å². The molecular weight excluding hydrogens is 540 g/mol. The van der Waals surface area contributed by atoms with Crippen LogP contribution < -0.4 is 20.8 Å². The van der Waals surface area contributed by atoms with Gasteiger partial charge < -0.3 is 15.4 Å². The Hall–Kier alpha value is -4.58. The van der Waals surface area contributed by atoms with E-state index < -0.39 is 4.92 Å². The van der Waals surface area contributed by atoms with Crippen molar-refractivity contribution in [2.75, 3.05) is 23.2 Å². The summed E-state index contributed by atoms with van der Waals surface area (Å²) in [4.78, 5) is 23.7. The summed E-state index contributed by atoms with van der Waals surface area (Å²) in [6.45, 7) is 4.06. The first-order valence-corrected chi connectivity index (χ1v) is 11.8. The first-order chi connectivity index (χ1) is 17.8. The van der Waals surface area contributed by atoms with Gasteiger partial charge in [-0.3, -0.25) is 10.1 Å². The molecule has 0 radical (unpaired) electrons. The summed E-state index contributed by atoms with van der Waals surface area (Å²) in [7, 11) is 1.58. The van der Waals surface area contributed by atoms with E-state index in [4.69, 9.17) is 4.74 Å². The molecule has 3 aromatic carbocycles. The van der Waals surface area contributed by atoms with Crippen LogP contribution in [-0.4, -0.2) is 33.2 Å². The van der Waals surface area contributed by atoms with Crippen molar-refractivity contribution >= 4 is 57.1 Å². The first kappa shape index (κ1) is 25.5. The zero-order valence-electron chi connectivity index (χ0n) is 20.2. The fourth-order valence-corrected chi connectivity index (χ4v) is 3.63. The molecule has 1 heterocycles. The second kappa shape index (κ2) is 11.4. The molecular formula is C25H23BrN8O3. The number of ether oxygens (including phenoxy) is 1. The maximum absolute atomic E-state index is 11.0. The molecule has 0 bridgehead atoms. The van der Waals surface area contributed by atoms with Gasteiger partial charge in [-0.2, -0.15) is 20.1 Å². The van der Waals surface area contributed by atoms with Crippen LogP contribution in [0.25, 0.3) is 0 Å². The topological polar surface area (TPSA) is 139 Å². The van der Waals surface area contributed by atoms with E-state index in [0.717, 1.165) is 21.3 Å². The Bertz CT molecular complexity index is 1460. The Morgan fingerprint density at radius 3 is 2.19 bits per heavy atom. The molecule has 0 atom stereocenters. The number of non-ortho nitro benzene ring substituents is 1. The Morgan fingerprint density at radius 1 is 0.892 bits per heavy atom. The molecule has 188 valence electrons. The first-order valence-electron chi connectivity index (χ1n) is 11.0. The molecule has 0 aliphatic rings. The molecule has 4 aromatic rings. The highest BCUT2D eigenvalue weighted by Crippen LogP contribution is 2.23. The summed E-state index contributed by atoms with van der Waals surface area (Å²) < 4.78 is 6.25. The second-order valence-electron chi connectivity index (χ2n) is 7.92. The molecule has 0 spiro atoms. The van der Waals surface area contributed by atoms with Crippen molar-refractivity contribution in [3.8, 4) is 5.75 Å². The van der Waals surface area contributed by atoms with Gasteiger partial charge in [0.2, 0.25) is 17.8 Å². The third kappa shape index (κ3) is 6.76. The molecule has 0 unspecified atom stereocenters. The maximum Gasteiger partial charge on any atom is 0.269 e. The highest BCUT2D eigenvalue weighted by atomic mass is 79.9. The maximum atomic E-state index is 11.0. The number of methoxy groups -OCH3 is 1. The van der Waals surface area contributed by atoms with E-state index in [1.165, 1.54) is 17.7 Å². The molecule has 0 saturated heterocycles. The van der Waals surface area contributed by atoms with Crippen molar-refractivity contribution in [3.63, 3.8) is 0 Å². The molecule has 0 saturated carbocycles. The number of aryl methyl sites for hydroxylation is 2. The molecule has 1 aromatic heterocycles. The summed E-state index contributed by atoms with van der Waals surface area (Å²) >= 11 is 3.44. The van der Waals surface area contributed by atoms with Crippen molar-refractivity contribution in [2.24, 2.45) is 5.10 Å². The molecule has 0 amide bonds. The van der Waals surface area contributed by atoms with E-state index in [9.17, 15) is 10.1 Å². The molecule has 4 rings (SSSR count). The summed E-state index contributed by atoms with van der Waals surface area (Å²) in [5.41, 5.74) is 7.23. The number of rotatable bonds is 9. The number of nitrogens with one attached hydrogen (secondary N) is 3. The Balaban J connectivity index is 1.61. The number of hydrazone groups is 1. The fraction of sp³-hybridized carbons (Fsp3) is 0.120. The molecule has 37 heavy (non-hydrogen) atoms. The molecule has 0 aliphatic heterocycles. The van der Waals surface area contributed by atoms with Crippen LogP contribution in [0.15, 0.2) is 70.2 Å². The number of hydrogen-bond donors (Lipinski definition) is 3. The smallest absolute Gasteiger partial charge is 0.269 e. The molecule has 0 fully saturated rings. The lowest BCUT2D eigenvalue weighted by atomic mass is 10.1. The summed E-state index contributed by atoms with van der Waals surface area (Å²) in [5.74, 6) is 1.33. The van der Waals surface area contributed by atoms with Crippen molar-refractivity contribution in [2.45, 2.75) is 13.8 Å². The van der Waals surface area contributed by atoms with Crippen LogP contribution in [0.2, 0.25) is 0 Å². The van der Waals surface area contributed by atoms with Gasteiger partial charge in [-0.05, 0) is 67.4 Å².